The molecule has 0 radical (unpaired) electrons. The van der Waals surface area contributed by atoms with E-state index in [0.717, 1.165) is 35.2 Å². The summed E-state index contributed by atoms with van der Waals surface area (Å²) in [6, 6.07) is 5.40. The predicted molar refractivity (Wildman–Crippen MR) is 80.9 cm³/mol. The van der Waals surface area contributed by atoms with Crippen LogP contribution >= 0.6 is 15.9 Å². The Labute approximate surface area is 127 Å². The Bertz CT molecular complexity index is 492. The monoisotopic (exact) mass is 341 g/mol. The van der Waals surface area contributed by atoms with Crippen molar-refractivity contribution in [2.75, 3.05) is 13.7 Å². The van der Waals surface area contributed by atoms with Gasteiger partial charge in [-0.1, -0.05) is 22.9 Å². The van der Waals surface area contributed by atoms with Gasteiger partial charge in [0.25, 0.3) is 0 Å². The lowest BCUT2D eigenvalue weighted by Crippen LogP contribution is -2.46. The summed E-state index contributed by atoms with van der Waals surface area (Å²) < 4.78 is 6.22. The van der Waals surface area contributed by atoms with Crippen LogP contribution in [0.25, 0.3) is 0 Å². The van der Waals surface area contributed by atoms with Gasteiger partial charge in [0.05, 0.1) is 7.11 Å². The van der Waals surface area contributed by atoms with Gasteiger partial charge in [0.1, 0.15) is 11.8 Å². The van der Waals surface area contributed by atoms with E-state index in [2.05, 4.69) is 22.9 Å². The number of benzene rings is 1. The van der Waals surface area contributed by atoms with Crippen molar-refractivity contribution >= 4 is 21.9 Å². The Morgan fingerprint density at radius 3 is 2.95 bits per heavy atom. The number of methoxy groups -OCH3 is 1. The number of rotatable bonds is 4. The minimum absolute atomic E-state index is 0.392. The highest BCUT2D eigenvalue weighted by Crippen LogP contribution is 2.28. The van der Waals surface area contributed by atoms with E-state index in [1.807, 2.05) is 23.1 Å². The summed E-state index contributed by atoms with van der Waals surface area (Å²) in [4.78, 5) is 13.5. The molecule has 1 fully saturated rings. The van der Waals surface area contributed by atoms with Crippen molar-refractivity contribution in [2.45, 2.75) is 32.4 Å². The third kappa shape index (κ3) is 3.52. The summed E-state index contributed by atoms with van der Waals surface area (Å²) in [6.07, 6.45) is 1.77. The molecule has 1 aliphatic heterocycles. The number of carbonyl (C=O) groups is 1. The van der Waals surface area contributed by atoms with E-state index in [0.29, 0.717) is 12.5 Å². The molecule has 0 spiro atoms. The fourth-order valence-corrected chi connectivity index (χ4v) is 3.03. The second-order valence-corrected chi connectivity index (χ2v) is 6.27. The van der Waals surface area contributed by atoms with Gasteiger partial charge in [0.2, 0.25) is 0 Å². The molecule has 1 N–H and O–H groups in total. The Kier molecular flexibility index (Phi) is 5.05. The Hall–Kier alpha value is -1.07. The number of hydrogen-bond donors (Lipinski definition) is 1. The molecule has 2 atom stereocenters. The van der Waals surface area contributed by atoms with Gasteiger partial charge in [0, 0.05) is 11.0 Å². The quantitative estimate of drug-likeness (QED) is 0.913. The summed E-state index contributed by atoms with van der Waals surface area (Å²) in [5.74, 6) is 0.539. The highest BCUT2D eigenvalue weighted by Gasteiger charge is 2.31. The zero-order chi connectivity index (χ0) is 14.7. The average Bonchev–Trinajstić information content (AvgIpc) is 2.42. The topological polar surface area (TPSA) is 49.8 Å². The zero-order valence-corrected chi connectivity index (χ0v) is 13.4. The summed E-state index contributed by atoms with van der Waals surface area (Å²) in [5.41, 5.74) is 1.06. The van der Waals surface area contributed by atoms with Crippen LogP contribution < -0.4 is 4.74 Å². The fourth-order valence-electron chi connectivity index (χ4n) is 2.65. The number of piperidine rings is 1. The van der Waals surface area contributed by atoms with E-state index in [-0.39, 0.29) is 0 Å². The van der Waals surface area contributed by atoms with Gasteiger partial charge in [-0.3, -0.25) is 9.69 Å². The molecule has 1 aliphatic rings. The lowest BCUT2D eigenvalue weighted by atomic mass is 9.92. The highest BCUT2D eigenvalue weighted by molar-refractivity contribution is 9.10. The number of aliphatic carboxylic acids is 1. The van der Waals surface area contributed by atoms with Gasteiger partial charge in [-0.05, 0) is 49.1 Å². The van der Waals surface area contributed by atoms with Gasteiger partial charge >= 0.3 is 5.97 Å². The summed E-state index contributed by atoms with van der Waals surface area (Å²) in [5, 5.41) is 9.40. The van der Waals surface area contributed by atoms with Crippen molar-refractivity contribution in [3.8, 4) is 5.75 Å². The number of ether oxygens (including phenoxy) is 1. The van der Waals surface area contributed by atoms with Crippen molar-refractivity contribution in [3.05, 3.63) is 28.2 Å². The third-order valence-corrected chi connectivity index (χ3v) is 4.66. The molecule has 1 heterocycles. The zero-order valence-electron chi connectivity index (χ0n) is 11.8. The van der Waals surface area contributed by atoms with Crippen LogP contribution in [-0.4, -0.2) is 35.7 Å². The molecule has 20 heavy (non-hydrogen) atoms. The molecular weight excluding hydrogens is 322 g/mol. The van der Waals surface area contributed by atoms with E-state index in [9.17, 15) is 9.90 Å². The highest BCUT2D eigenvalue weighted by atomic mass is 79.9. The van der Waals surface area contributed by atoms with Crippen LogP contribution in [-0.2, 0) is 11.3 Å². The van der Waals surface area contributed by atoms with E-state index in [1.165, 1.54) is 0 Å². The molecule has 0 saturated carbocycles. The second kappa shape index (κ2) is 6.59. The molecule has 110 valence electrons. The second-order valence-electron chi connectivity index (χ2n) is 5.41. The van der Waals surface area contributed by atoms with Gasteiger partial charge in [-0.15, -0.1) is 0 Å². The molecule has 0 amide bonds. The summed E-state index contributed by atoms with van der Waals surface area (Å²) >= 11 is 3.53. The molecule has 5 heteroatoms. The third-order valence-electron chi connectivity index (χ3n) is 3.89. The van der Waals surface area contributed by atoms with Crippen LogP contribution in [0.15, 0.2) is 22.7 Å². The number of nitrogens with zero attached hydrogens (tertiary/aromatic N) is 1. The maximum Gasteiger partial charge on any atom is 0.320 e. The van der Waals surface area contributed by atoms with Crippen molar-refractivity contribution in [1.82, 2.24) is 4.90 Å². The van der Waals surface area contributed by atoms with Crippen molar-refractivity contribution in [2.24, 2.45) is 5.92 Å². The lowest BCUT2D eigenvalue weighted by molar-refractivity contribution is -0.145. The van der Waals surface area contributed by atoms with E-state index < -0.39 is 12.0 Å². The van der Waals surface area contributed by atoms with Gasteiger partial charge < -0.3 is 9.84 Å². The number of hydrogen-bond acceptors (Lipinski definition) is 3. The lowest BCUT2D eigenvalue weighted by Gasteiger charge is -2.36. The number of carboxylic acids is 1. The van der Waals surface area contributed by atoms with Crippen LogP contribution in [0.5, 0.6) is 5.75 Å². The summed E-state index contributed by atoms with van der Waals surface area (Å²) in [7, 11) is 1.63. The first-order valence-electron chi connectivity index (χ1n) is 6.80. The molecule has 1 saturated heterocycles. The molecular formula is C15H20BrNO3. The van der Waals surface area contributed by atoms with Crippen LogP contribution in [0, 0.1) is 5.92 Å². The molecule has 0 aromatic heterocycles. The maximum absolute atomic E-state index is 11.4. The molecule has 0 bridgehead atoms. The number of halogens is 1. The van der Waals surface area contributed by atoms with Crippen molar-refractivity contribution < 1.29 is 14.6 Å². The minimum atomic E-state index is -0.726. The van der Waals surface area contributed by atoms with Crippen LogP contribution in [0.1, 0.15) is 25.3 Å². The molecule has 2 rings (SSSR count). The first kappa shape index (κ1) is 15.3. The normalized spacial score (nSPS) is 23.6. The Balaban J connectivity index is 2.17. The summed E-state index contributed by atoms with van der Waals surface area (Å²) in [6.45, 7) is 3.57. The molecule has 0 aliphatic carbocycles. The molecule has 4 nitrogen and oxygen atoms in total. The molecule has 1 aromatic carbocycles. The van der Waals surface area contributed by atoms with E-state index >= 15 is 0 Å². The van der Waals surface area contributed by atoms with E-state index in [1.54, 1.807) is 7.11 Å². The average molecular weight is 342 g/mol. The van der Waals surface area contributed by atoms with Gasteiger partial charge in [-0.25, -0.2) is 0 Å². The van der Waals surface area contributed by atoms with Crippen LogP contribution in [0.3, 0.4) is 0 Å². The van der Waals surface area contributed by atoms with Gasteiger partial charge in [0.15, 0.2) is 0 Å². The van der Waals surface area contributed by atoms with Crippen LogP contribution in [0.4, 0.5) is 0 Å². The number of likely N-dealkylation sites (tertiary alicyclic amines) is 1. The SMILES string of the molecule is COc1ccc(Br)c(CN2CCC(C)CC2C(=O)O)c1. The van der Waals surface area contributed by atoms with Crippen LogP contribution in [0.2, 0.25) is 0 Å². The first-order chi connectivity index (χ1) is 9.51. The predicted octanol–water partition coefficient (Wildman–Crippen LogP) is 3.14. The largest absolute Gasteiger partial charge is 0.497 e. The standard InChI is InChI=1S/C15H20BrNO3/c1-10-5-6-17(14(7-10)15(18)19)9-11-8-12(20-2)3-4-13(11)16/h3-4,8,10,14H,5-7,9H2,1-2H3,(H,18,19). The molecule has 2 unspecified atom stereocenters. The first-order valence-corrected chi connectivity index (χ1v) is 7.60. The molecule has 1 aromatic rings. The minimum Gasteiger partial charge on any atom is -0.497 e. The Morgan fingerprint density at radius 1 is 1.55 bits per heavy atom. The van der Waals surface area contributed by atoms with Crippen molar-refractivity contribution in [1.29, 1.82) is 0 Å². The smallest absolute Gasteiger partial charge is 0.320 e. The van der Waals surface area contributed by atoms with Gasteiger partial charge in [-0.2, -0.15) is 0 Å². The fraction of sp³-hybridized carbons (Fsp3) is 0.533. The Morgan fingerprint density at radius 2 is 2.30 bits per heavy atom. The maximum atomic E-state index is 11.4. The van der Waals surface area contributed by atoms with E-state index in [4.69, 9.17) is 4.74 Å². The van der Waals surface area contributed by atoms with Crippen molar-refractivity contribution in [3.63, 3.8) is 0 Å². The number of carboxylic acid groups (broad SMARTS) is 1.